The zero-order valence-electron chi connectivity index (χ0n) is 14.5. The predicted octanol–water partition coefficient (Wildman–Crippen LogP) is 2.66. The summed E-state index contributed by atoms with van der Waals surface area (Å²) in [6.07, 6.45) is 0.659. The third-order valence-corrected chi connectivity index (χ3v) is 4.44. The van der Waals surface area contributed by atoms with Crippen LogP contribution in [0, 0.1) is 10.1 Å². The van der Waals surface area contributed by atoms with Gasteiger partial charge >= 0.3 is 0 Å². The van der Waals surface area contributed by atoms with E-state index in [1.165, 1.54) is 26.4 Å². The van der Waals surface area contributed by atoms with Gasteiger partial charge in [0.25, 0.3) is 11.6 Å². The Bertz CT molecular complexity index is 748. The molecule has 1 aromatic heterocycles. The minimum absolute atomic E-state index is 0.0721. The number of carbonyl (C=O) groups excluding carboxylic acids is 1. The molecule has 0 saturated heterocycles. The van der Waals surface area contributed by atoms with E-state index in [-0.39, 0.29) is 29.4 Å². The Balaban J connectivity index is 2.16. The van der Waals surface area contributed by atoms with Crippen LogP contribution in [0.15, 0.2) is 29.6 Å². The van der Waals surface area contributed by atoms with Gasteiger partial charge in [-0.05, 0) is 17.9 Å². The number of carbonyl (C=O) groups is 1. The number of nitro groups is 1. The Morgan fingerprint density at radius 3 is 2.69 bits per heavy atom. The summed E-state index contributed by atoms with van der Waals surface area (Å²) in [5, 5.41) is 16.0. The van der Waals surface area contributed by atoms with Crippen molar-refractivity contribution in [1.29, 1.82) is 0 Å². The maximum atomic E-state index is 12.4. The smallest absolute Gasteiger partial charge is 0.286 e. The first kappa shape index (κ1) is 19.7. The van der Waals surface area contributed by atoms with Crippen molar-refractivity contribution in [2.45, 2.75) is 6.42 Å². The van der Waals surface area contributed by atoms with E-state index >= 15 is 0 Å². The molecule has 0 unspecified atom stereocenters. The minimum atomic E-state index is -0.614. The minimum Gasteiger partial charge on any atom is -0.493 e. The van der Waals surface area contributed by atoms with Gasteiger partial charge in [0, 0.05) is 24.6 Å². The Morgan fingerprint density at radius 2 is 2.08 bits per heavy atom. The molecule has 0 bridgehead atoms. The number of thiophene rings is 1. The van der Waals surface area contributed by atoms with Crippen molar-refractivity contribution in [1.82, 2.24) is 5.32 Å². The van der Waals surface area contributed by atoms with Crippen molar-refractivity contribution in [3.05, 3.63) is 50.2 Å². The summed E-state index contributed by atoms with van der Waals surface area (Å²) < 4.78 is 15.5. The zero-order valence-corrected chi connectivity index (χ0v) is 15.3. The van der Waals surface area contributed by atoms with Gasteiger partial charge in [-0.15, -0.1) is 11.3 Å². The molecule has 26 heavy (non-hydrogen) atoms. The van der Waals surface area contributed by atoms with Crippen molar-refractivity contribution in [3.63, 3.8) is 0 Å². The highest BCUT2D eigenvalue weighted by Gasteiger charge is 2.24. The van der Waals surface area contributed by atoms with Crippen molar-refractivity contribution in [2.24, 2.45) is 0 Å². The molecular weight excluding hydrogens is 360 g/mol. The van der Waals surface area contributed by atoms with Crippen molar-refractivity contribution >= 4 is 22.9 Å². The Kier molecular flexibility index (Phi) is 7.37. The largest absolute Gasteiger partial charge is 0.493 e. The average molecular weight is 380 g/mol. The Hall–Kier alpha value is -2.65. The van der Waals surface area contributed by atoms with Crippen LogP contribution in [0.2, 0.25) is 0 Å². The topological polar surface area (TPSA) is 99.9 Å². The molecule has 0 aliphatic carbocycles. The molecule has 0 fully saturated rings. The predicted molar refractivity (Wildman–Crippen MR) is 97.4 cm³/mol. The summed E-state index contributed by atoms with van der Waals surface area (Å²) in [6, 6.07) is 6.41. The summed E-state index contributed by atoms with van der Waals surface area (Å²) in [6.45, 7) is 0.906. The third kappa shape index (κ3) is 5.17. The molecule has 140 valence electrons. The normalized spacial score (nSPS) is 10.4. The summed E-state index contributed by atoms with van der Waals surface area (Å²) in [7, 11) is 2.93. The Morgan fingerprint density at radius 1 is 1.27 bits per heavy atom. The van der Waals surface area contributed by atoms with Gasteiger partial charge in [-0.1, -0.05) is 6.07 Å². The average Bonchev–Trinajstić information content (AvgIpc) is 3.14. The zero-order chi connectivity index (χ0) is 18.9. The monoisotopic (exact) mass is 380 g/mol. The number of hydrogen-bond donors (Lipinski definition) is 1. The van der Waals surface area contributed by atoms with Gasteiger partial charge in [0.1, 0.15) is 12.2 Å². The fourth-order valence-electron chi connectivity index (χ4n) is 2.24. The summed E-state index contributed by atoms with van der Waals surface area (Å²) in [5.41, 5.74) is -0.413. The number of nitrogens with zero attached hydrogens (tertiary/aromatic N) is 1. The van der Waals surface area contributed by atoms with Gasteiger partial charge in [0.15, 0.2) is 11.5 Å². The molecule has 2 rings (SSSR count). The first-order chi connectivity index (χ1) is 12.6. The molecule has 1 aromatic carbocycles. The van der Waals surface area contributed by atoms with Gasteiger partial charge in [-0.3, -0.25) is 14.9 Å². The van der Waals surface area contributed by atoms with Crippen LogP contribution >= 0.6 is 11.3 Å². The molecule has 8 nitrogen and oxygen atoms in total. The van der Waals surface area contributed by atoms with Gasteiger partial charge in [0.05, 0.1) is 24.7 Å². The highest BCUT2D eigenvalue weighted by atomic mass is 32.1. The first-order valence-corrected chi connectivity index (χ1v) is 8.73. The number of ether oxygens (including phenoxy) is 3. The van der Waals surface area contributed by atoms with E-state index in [4.69, 9.17) is 14.2 Å². The maximum absolute atomic E-state index is 12.4. The van der Waals surface area contributed by atoms with Crippen LogP contribution in [-0.4, -0.2) is 44.8 Å². The van der Waals surface area contributed by atoms with E-state index in [1.54, 1.807) is 11.3 Å². The van der Waals surface area contributed by atoms with Crippen LogP contribution in [0.5, 0.6) is 11.5 Å². The highest BCUT2D eigenvalue weighted by molar-refractivity contribution is 7.09. The Labute approximate surface area is 154 Å². The van der Waals surface area contributed by atoms with Gasteiger partial charge in [-0.2, -0.15) is 0 Å². The number of benzene rings is 1. The molecule has 0 aliphatic rings. The molecule has 9 heteroatoms. The molecule has 1 amide bonds. The van der Waals surface area contributed by atoms with Gasteiger partial charge in [-0.25, -0.2) is 0 Å². The van der Waals surface area contributed by atoms with Crippen molar-refractivity contribution < 1.29 is 23.9 Å². The lowest BCUT2D eigenvalue weighted by Crippen LogP contribution is -2.26. The van der Waals surface area contributed by atoms with Gasteiger partial charge < -0.3 is 19.5 Å². The van der Waals surface area contributed by atoms with E-state index in [0.717, 1.165) is 4.88 Å². The lowest BCUT2D eigenvalue weighted by Gasteiger charge is -2.12. The number of amides is 1. The number of rotatable bonds is 10. The molecule has 0 radical (unpaired) electrons. The van der Waals surface area contributed by atoms with Crippen LogP contribution in [0.1, 0.15) is 15.2 Å². The summed E-state index contributed by atoms with van der Waals surface area (Å²) in [4.78, 5) is 24.3. The molecule has 0 spiro atoms. The fourth-order valence-corrected chi connectivity index (χ4v) is 2.95. The van der Waals surface area contributed by atoms with Crippen LogP contribution in [0.3, 0.4) is 0 Å². The van der Waals surface area contributed by atoms with E-state index in [9.17, 15) is 14.9 Å². The number of methoxy groups -OCH3 is 2. The van der Waals surface area contributed by atoms with Crippen molar-refractivity contribution in [2.75, 3.05) is 34.0 Å². The van der Waals surface area contributed by atoms with Crippen LogP contribution in [-0.2, 0) is 11.2 Å². The molecule has 1 N–H and O–H groups in total. The second-order valence-corrected chi connectivity index (χ2v) is 6.24. The standard InChI is InChI=1S/C17H20N2O6S/c1-23-7-8-25-16-11-14(19(21)22)13(10-15(16)24-2)17(20)18-6-5-12-4-3-9-26-12/h3-4,9-11H,5-8H2,1-2H3,(H,18,20). The fraction of sp³-hybridized carbons (Fsp3) is 0.353. The number of nitrogens with one attached hydrogen (secondary N) is 1. The molecule has 2 aromatic rings. The third-order valence-electron chi connectivity index (χ3n) is 3.51. The van der Waals surface area contributed by atoms with E-state index in [1.807, 2.05) is 17.5 Å². The highest BCUT2D eigenvalue weighted by Crippen LogP contribution is 2.34. The van der Waals surface area contributed by atoms with E-state index in [0.29, 0.717) is 19.6 Å². The number of nitro benzene ring substituents is 1. The molecule has 0 atom stereocenters. The lowest BCUT2D eigenvalue weighted by atomic mass is 10.1. The van der Waals surface area contributed by atoms with Crippen LogP contribution < -0.4 is 14.8 Å². The molecule has 0 saturated carbocycles. The van der Waals surface area contributed by atoms with Gasteiger partial charge in [0.2, 0.25) is 0 Å². The van der Waals surface area contributed by atoms with E-state index < -0.39 is 10.8 Å². The quantitative estimate of drug-likeness (QED) is 0.386. The van der Waals surface area contributed by atoms with Crippen LogP contribution in [0.4, 0.5) is 5.69 Å². The summed E-state index contributed by atoms with van der Waals surface area (Å²) >= 11 is 1.59. The van der Waals surface area contributed by atoms with E-state index in [2.05, 4.69) is 5.32 Å². The van der Waals surface area contributed by atoms with Crippen molar-refractivity contribution in [3.8, 4) is 11.5 Å². The first-order valence-electron chi connectivity index (χ1n) is 7.85. The second-order valence-electron chi connectivity index (χ2n) is 5.20. The molecular formula is C17H20N2O6S. The number of hydrogen-bond acceptors (Lipinski definition) is 7. The SMILES string of the molecule is COCCOc1cc([N+](=O)[O-])c(C(=O)NCCc2cccs2)cc1OC. The second kappa shape index (κ2) is 9.73. The molecule has 0 aliphatic heterocycles. The maximum Gasteiger partial charge on any atom is 0.286 e. The molecule has 1 heterocycles. The summed E-state index contributed by atoms with van der Waals surface area (Å²) in [5.74, 6) is -0.100. The lowest BCUT2D eigenvalue weighted by molar-refractivity contribution is -0.385. The van der Waals surface area contributed by atoms with Crippen LogP contribution in [0.25, 0.3) is 0 Å².